The number of carbonyl (C=O) groups excluding carboxylic acids is 3. The molecule has 0 saturated heterocycles. The van der Waals surface area contributed by atoms with Gasteiger partial charge >= 0.3 is 0 Å². The van der Waals surface area contributed by atoms with E-state index in [1.165, 1.54) is 6.07 Å². The van der Waals surface area contributed by atoms with E-state index in [9.17, 15) is 18.8 Å². The Kier molecular flexibility index (Phi) is 10.8. The molecule has 1 aliphatic rings. The van der Waals surface area contributed by atoms with Crippen molar-refractivity contribution < 1.29 is 18.8 Å². The zero-order chi connectivity index (χ0) is 33.7. The quantitative estimate of drug-likeness (QED) is 0.161. The summed E-state index contributed by atoms with van der Waals surface area (Å²) in [7, 11) is 0. The summed E-state index contributed by atoms with van der Waals surface area (Å²) in [5.41, 5.74) is 11.4. The standard InChI is InChI=1S/C39H41ClFN3O3/c1-4-5-13-31(37(42)45)32(20-24(2)3)38(46)43-36-30-16-7-6-14-28(30)29-15-8-9-17-35(29)44(39(36)47)23-25-11-10-12-26(21-25)27-18-19-34(41)33(40)22-27/h6-12,14-19,21-22,24,31-32,36H,4-5,13,20,23H2,1-3H3,(H2,42,45)(H,43,46). The normalized spacial score (nSPS) is 15.4. The van der Waals surface area contributed by atoms with Gasteiger partial charge in [0.25, 0.3) is 5.91 Å². The summed E-state index contributed by atoms with van der Waals surface area (Å²) in [5.74, 6) is -2.80. The lowest BCUT2D eigenvalue weighted by molar-refractivity contribution is -0.136. The summed E-state index contributed by atoms with van der Waals surface area (Å²) in [6.45, 7) is 6.27. The molecule has 8 heteroatoms. The summed E-state index contributed by atoms with van der Waals surface area (Å²) in [6, 6.07) is 26.6. The van der Waals surface area contributed by atoms with Crippen LogP contribution in [0.5, 0.6) is 0 Å². The molecule has 0 fully saturated rings. The number of primary amides is 1. The number of hydrogen-bond donors (Lipinski definition) is 2. The molecule has 0 aromatic heterocycles. The second-order valence-corrected chi connectivity index (χ2v) is 13.1. The molecule has 0 radical (unpaired) electrons. The number of nitrogens with one attached hydrogen (secondary N) is 1. The second-order valence-electron chi connectivity index (χ2n) is 12.7. The van der Waals surface area contributed by atoms with Crippen LogP contribution in [-0.4, -0.2) is 17.7 Å². The highest BCUT2D eigenvalue weighted by Crippen LogP contribution is 2.41. The fraction of sp³-hybridized carbons (Fsp3) is 0.308. The number of benzene rings is 4. The molecule has 47 heavy (non-hydrogen) atoms. The van der Waals surface area contributed by atoms with Gasteiger partial charge in [0, 0.05) is 17.4 Å². The van der Waals surface area contributed by atoms with Crippen LogP contribution in [0.3, 0.4) is 0 Å². The molecule has 3 amide bonds. The van der Waals surface area contributed by atoms with Crippen LogP contribution in [0.4, 0.5) is 10.1 Å². The summed E-state index contributed by atoms with van der Waals surface area (Å²) < 4.78 is 13.9. The molecule has 3 N–H and O–H groups in total. The third kappa shape index (κ3) is 7.57. The van der Waals surface area contributed by atoms with Crippen molar-refractivity contribution in [2.24, 2.45) is 23.5 Å². The van der Waals surface area contributed by atoms with Crippen LogP contribution in [0, 0.1) is 23.6 Å². The minimum absolute atomic E-state index is 0.0323. The Morgan fingerprint density at radius 2 is 1.62 bits per heavy atom. The van der Waals surface area contributed by atoms with Crippen LogP contribution in [0.1, 0.15) is 63.6 Å². The molecule has 6 nitrogen and oxygen atoms in total. The molecular formula is C39H41ClFN3O3. The number of halogens is 2. The second kappa shape index (κ2) is 14.9. The first kappa shape index (κ1) is 33.9. The van der Waals surface area contributed by atoms with Gasteiger partial charge in [0.05, 0.1) is 17.3 Å². The van der Waals surface area contributed by atoms with Crippen molar-refractivity contribution >= 4 is 35.0 Å². The predicted octanol–water partition coefficient (Wildman–Crippen LogP) is 8.47. The van der Waals surface area contributed by atoms with Crippen LogP contribution in [0.25, 0.3) is 22.3 Å². The van der Waals surface area contributed by atoms with Gasteiger partial charge in [0.1, 0.15) is 11.9 Å². The number of anilines is 1. The number of amides is 3. The third-order valence-electron chi connectivity index (χ3n) is 8.86. The molecule has 4 aromatic carbocycles. The minimum atomic E-state index is -1.00. The first-order valence-corrected chi connectivity index (χ1v) is 16.6. The van der Waals surface area contributed by atoms with Gasteiger partial charge in [-0.2, -0.15) is 0 Å². The van der Waals surface area contributed by atoms with Crippen LogP contribution in [0.15, 0.2) is 91.0 Å². The lowest BCUT2D eigenvalue weighted by Gasteiger charge is -2.30. The van der Waals surface area contributed by atoms with Gasteiger partial charge < -0.3 is 16.0 Å². The Hall–Kier alpha value is -4.49. The van der Waals surface area contributed by atoms with E-state index in [1.807, 2.05) is 93.6 Å². The van der Waals surface area contributed by atoms with Crippen molar-refractivity contribution in [3.63, 3.8) is 0 Å². The molecule has 244 valence electrons. The summed E-state index contributed by atoms with van der Waals surface area (Å²) in [6.07, 6.45) is 2.62. The highest BCUT2D eigenvalue weighted by molar-refractivity contribution is 6.31. The maximum absolute atomic E-state index is 14.7. The van der Waals surface area contributed by atoms with E-state index in [1.54, 1.807) is 17.0 Å². The molecule has 1 heterocycles. The molecule has 3 atom stereocenters. The van der Waals surface area contributed by atoms with E-state index < -0.39 is 29.6 Å². The van der Waals surface area contributed by atoms with Crippen LogP contribution >= 0.6 is 11.6 Å². The lowest BCUT2D eigenvalue weighted by atomic mass is 9.81. The average Bonchev–Trinajstić information content (AvgIpc) is 3.15. The molecule has 0 bridgehead atoms. The number of nitrogens with two attached hydrogens (primary N) is 1. The monoisotopic (exact) mass is 653 g/mol. The van der Waals surface area contributed by atoms with Gasteiger partial charge in [-0.25, -0.2) is 4.39 Å². The Labute approximate surface area is 281 Å². The molecule has 3 unspecified atom stereocenters. The van der Waals surface area contributed by atoms with Crippen molar-refractivity contribution in [1.82, 2.24) is 5.32 Å². The third-order valence-corrected chi connectivity index (χ3v) is 9.15. The van der Waals surface area contributed by atoms with E-state index in [4.69, 9.17) is 17.3 Å². The van der Waals surface area contributed by atoms with Crippen LogP contribution in [0.2, 0.25) is 5.02 Å². The number of nitrogens with zero attached hydrogens (tertiary/aromatic N) is 1. The number of fused-ring (bicyclic) bond motifs is 3. The zero-order valence-electron chi connectivity index (χ0n) is 27.0. The van der Waals surface area contributed by atoms with Crippen molar-refractivity contribution in [3.8, 4) is 22.3 Å². The number of unbranched alkanes of at least 4 members (excludes halogenated alkanes) is 1. The SMILES string of the molecule is CCCCC(C(N)=O)C(CC(C)C)C(=O)NC1C(=O)N(Cc2cccc(-c3ccc(F)c(Cl)c3)c2)c2ccccc2-c2ccccc21. The number of hydrogen-bond acceptors (Lipinski definition) is 3. The summed E-state index contributed by atoms with van der Waals surface area (Å²) >= 11 is 6.08. The van der Waals surface area contributed by atoms with Gasteiger partial charge in [-0.05, 0) is 70.8 Å². The van der Waals surface area contributed by atoms with Gasteiger partial charge in [-0.1, -0.05) is 112 Å². The molecule has 0 saturated carbocycles. The number of para-hydroxylation sites is 1. The lowest BCUT2D eigenvalue weighted by Crippen LogP contribution is -2.47. The van der Waals surface area contributed by atoms with E-state index in [0.29, 0.717) is 24.1 Å². The molecule has 0 spiro atoms. The smallest absolute Gasteiger partial charge is 0.254 e. The van der Waals surface area contributed by atoms with E-state index in [-0.39, 0.29) is 29.3 Å². The summed E-state index contributed by atoms with van der Waals surface area (Å²) in [5, 5.41) is 3.13. The average molecular weight is 654 g/mol. The zero-order valence-corrected chi connectivity index (χ0v) is 27.8. The summed E-state index contributed by atoms with van der Waals surface area (Å²) in [4.78, 5) is 43.3. The van der Waals surface area contributed by atoms with Crippen molar-refractivity contribution in [1.29, 1.82) is 0 Å². The van der Waals surface area contributed by atoms with Crippen molar-refractivity contribution in [2.75, 3.05) is 4.90 Å². The van der Waals surface area contributed by atoms with Gasteiger partial charge in [-0.15, -0.1) is 0 Å². The van der Waals surface area contributed by atoms with E-state index in [2.05, 4.69) is 5.32 Å². The Bertz CT molecular complexity index is 1770. The topological polar surface area (TPSA) is 92.5 Å². The molecule has 4 aromatic rings. The minimum Gasteiger partial charge on any atom is -0.369 e. The molecular weight excluding hydrogens is 613 g/mol. The highest BCUT2D eigenvalue weighted by atomic mass is 35.5. The van der Waals surface area contributed by atoms with Gasteiger partial charge in [-0.3, -0.25) is 14.4 Å². The number of carbonyl (C=O) groups is 3. The van der Waals surface area contributed by atoms with Gasteiger partial charge in [0.15, 0.2) is 0 Å². The Morgan fingerprint density at radius 1 is 0.915 bits per heavy atom. The fourth-order valence-corrected chi connectivity index (χ4v) is 6.71. The maximum Gasteiger partial charge on any atom is 0.254 e. The highest BCUT2D eigenvalue weighted by Gasteiger charge is 2.39. The molecule has 0 aliphatic carbocycles. The van der Waals surface area contributed by atoms with E-state index in [0.717, 1.165) is 40.7 Å². The number of rotatable bonds is 12. The van der Waals surface area contributed by atoms with Gasteiger partial charge in [0.2, 0.25) is 11.8 Å². The first-order valence-electron chi connectivity index (χ1n) is 16.2. The first-order chi connectivity index (χ1) is 22.6. The van der Waals surface area contributed by atoms with E-state index >= 15 is 0 Å². The van der Waals surface area contributed by atoms with Crippen molar-refractivity contribution in [2.45, 2.75) is 59.0 Å². The Balaban J connectivity index is 1.55. The largest absolute Gasteiger partial charge is 0.369 e. The maximum atomic E-state index is 14.7. The van der Waals surface area contributed by atoms with Crippen molar-refractivity contribution in [3.05, 3.63) is 113 Å². The van der Waals surface area contributed by atoms with Crippen LogP contribution in [-0.2, 0) is 20.9 Å². The molecule has 5 rings (SSSR count). The fourth-order valence-electron chi connectivity index (χ4n) is 6.53. The molecule has 1 aliphatic heterocycles. The Morgan fingerprint density at radius 3 is 2.32 bits per heavy atom. The van der Waals surface area contributed by atoms with Crippen LogP contribution < -0.4 is 16.0 Å². The predicted molar refractivity (Wildman–Crippen MR) is 186 cm³/mol.